The SMILES string of the molecule is O=C(Nc1ccc2c(c1)OCO2)Nc1ccc2c(c1)C(=O)N(C1CCCCC1)C2=O. The van der Waals surface area contributed by atoms with Crippen molar-refractivity contribution < 1.29 is 23.9 Å². The van der Waals surface area contributed by atoms with E-state index in [1.165, 1.54) is 4.90 Å². The van der Waals surface area contributed by atoms with E-state index < -0.39 is 6.03 Å². The molecule has 0 spiro atoms. The van der Waals surface area contributed by atoms with Crippen LogP contribution in [0.3, 0.4) is 0 Å². The van der Waals surface area contributed by atoms with Gasteiger partial charge in [-0.2, -0.15) is 0 Å². The van der Waals surface area contributed by atoms with Crippen molar-refractivity contribution in [1.29, 1.82) is 0 Å². The molecule has 0 bridgehead atoms. The molecule has 2 N–H and O–H groups in total. The second kappa shape index (κ2) is 7.37. The number of nitrogens with one attached hydrogen (secondary N) is 2. The Morgan fingerprint density at radius 2 is 1.50 bits per heavy atom. The van der Waals surface area contributed by atoms with Gasteiger partial charge in [-0.05, 0) is 43.2 Å². The molecule has 2 aromatic rings. The number of nitrogens with zero attached hydrogens (tertiary/aromatic N) is 1. The maximum atomic E-state index is 12.9. The van der Waals surface area contributed by atoms with E-state index >= 15 is 0 Å². The highest BCUT2D eigenvalue weighted by molar-refractivity contribution is 6.22. The van der Waals surface area contributed by atoms with Crippen LogP contribution in [0.15, 0.2) is 36.4 Å². The third-order valence-electron chi connectivity index (χ3n) is 5.75. The summed E-state index contributed by atoms with van der Waals surface area (Å²) in [5.41, 5.74) is 1.73. The summed E-state index contributed by atoms with van der Waals surface area (Å²) in [5.74, 6) is 0.683. The van der Waals surface area contributed by atoms with Gasteiger partial charge in [-0.3, -0.25) is 14.5 Å². The lowest BCUT2D eigenvalue weighted by Crippen LogP contribution is -2.40. The molecular formula is C22H21N3O5. The molecule has 2 aliphatic heterocycles. The van der Waals surface area contributed by atoms with Gasteiger partial charge in [0.1, 0.15) is 0 Å². The molecule has 2 heterocycles. The summed E-state index contributed by atoms with van der Waals surface area (Å²) in [6, 6.07) is 9.41. The zero-order valence-electron chi connectivity index (χ0n) is 16.3. The zero-order valence-corrected chi connectivity index (χ0v) is 16.3. The molecule has 30 heavy (non-hydrogen) atoms. The molecule has 4 amide bonds. The van der Waals surface area contributed by atoms with Crippen molar-refractivity contribution in [3.8, 4) is 11.5 Å². The molecular weight excluding hydrogens is 386 g/mol. The molecule has 0 radical (unpaired) electrons. The Kier molecular flexibility index (Phi) is 4.54. The lowest BCUT2D eigenvalue weighted by Gasteiger charge is -2.29. The fourth-order valence-corrected chi connectivity index (χ4v) is 4.28. The van der Waals surface area contributed by atoms with E-state index in [0.29, 0.717) is 34.0 Å². The Bertz CT molecular complexity index is 1050. The first-order valence-electron chi connectivity index (χ1n) is 10.1. The number of hydrogen-bond donors (Lipinski definition) is 2. The van der Waals surface area contributed by atoms with Crippen LogP contribution in [-0.2, 0) is 0 Å². The Morgan fingerprint density at radius 3 is 2.30 bits per heavy atom. The van der Waals surface area contributed by atoms with Crippen LogP contribution < -0.4 is 20.1 Å². The fourth-order valence-electron chi connectivity index (χ4n) is 4.28. The molecule has 154 valence electrons. The highest BCUT2D eigenvalue weighted by Crippen LogP contribution is 2.35. The largest absolute Gasteiger partial charge is 0.454 e. The smallest absolute Gasteiger partial charge is 0.323 e. The third kappa shape index (κ3) is 3.24. The van der Waals surface area contributed by atoms with E-state index in [4.69, 9.17) is 9.47 Å². The number of amides is 4. The highest BCUT2D eigenvalue weighted by Gasteiger charge is 2.40. The van der Waals surface area contributed by atoms with E-state index in [1.807, 2.05) is 0 Å². The summed E-state index contributed by atoms with van der Waals surface area (Å²) < 4.78 is 10.6. The average Bonchev–Trinajstić information content (AvgIpc) is 3.31. The first kappa shape index (κ1) is 18.5. The Hall–Kier alpha value is -3.55. The Balaban J connectivity index is 1.29. The quantitative estimate of drug-likeness (QED) is 0.750. The van der Waals surface area contributed by atoms with E-state index in [9.17, 15) is 14.4 Å². The molecule has 8 heteroatoms. The standard InChI is InChI=1S/C22H21N3O5/c26-20-16-8-6-13(10-17(16)21(27)25(20)15-4-2-1-3-5-15)23-22(28)24-14-7-9-18-19(11-14)30-12-29-18/h6-11,15H,1-5,12H2,(H2,23,24,28). The van der Waals surface area contributed by atoms with E-state index in [0.717, 1.165) is 32.1 Å². The number of benzene rings is 2. The van der Waals surface area contributed by atoms with Crippen LogP contribution in [-0.4, -0.2) is 35.6 Å². The van der Waals surface area contributed by atoms with Crippen LogP contribution in [0.5, 0.6) is 11.5 Å². The molecule has 5 rings (SSSR count). The van der Waals surface area contributed by atoms with Crippen LogP contribution >= 0.6 is 0 Å². The summed E-state index contributed by atoms with van der Waals surface area (Å²) in [6.45, 7) is 0.157. The van der Waals surface area contributed by atoms with E-state index in [2.05, 4.69) is 10.6 Å². The van der Waals surface area contributed by atoms with Crippen LogP contribution in [0.4, 0.5) is 16.2 Å². The van der Waals surface area contributed by atoms with Gasteiger partial charge in [0.2, 0.25) is 6.79 Å². The highest BCUT2D eigenvalue weighted by atomic mass is 16.7. The maximum absolute atomic E-state index is 12.9. The molecule has 1 fully saturated rings. The third-order valence-corrected chi connectivity index (χ3v) is 5.75. The first-order valence-corrected chi connectivity index (χ1v) is 10.1. The van der Waals surface area contributed by atoms with Gasteiger partial charge in [-0.15, -0.1) is 0 Å². The van der Waals surface area contributed by atoms with Crippen molar-refractivity contribution in [2.45, 2.75) is 38.1 Å². The maximum Gasteiger partial charge on any atom is 0.323 e. The van der Waals surface area contributed by atoms with Crippen molar-refractivity contribution in [2.75, 3.05) is 17.4 Å². The van der Waals surface area contributed by atoms with Gasteiger partial charge in [0.15, 0.2) is 11.5 Å². The monoisotopic (exact) mass is 407 g/mol. The van der Waals surface area contributed by atoms with E-state index in [1.54, 1.807) is 36.4 Å². The van der Waals surface area contributed by atoms with Crippen LogP contribution in [0.25, 0.3) is 0 Å². The number of anilines is 2. The number of carbonyl (C=O) groups is 3. The van der Waals surface area contributed by atoms with Gasteiger partial charge in [0.05, 0.1) is 11.1 Å². The summed E-state index contributed by atoms with van der Waals surface area (Å²) in [7, 11) is 0. The second-order valence-corrected chi connectivity index (χ2v) is 7.68. The summed E-state index contributed by atoms with van der Waals surface area (Å²) >= 11 is 0. The Morgan fingerprint density at radius 1 is 0.833 bits per heavy atom. The van der Waals surface area contributed by atoms with Gasteiger partial charge < -0.3 is 20.1 Å². The normalized spacial score (nSPS) is 17.8. The molecule has 1 aliphatic carbocycles. The number of carbonyl (C=O) groups excluding carboxylic acids is 3. The van der Waals surface area contributed by atoms with Crippen LogP contribution in [0.1, 0.15) is 52.8 Å². The lowest BCUT2D eigenvalue weighted by atomic mass is 9.94. The number of fused-ring (bicyclic) bond motifs is 2. The van der Waals surface area contributed by atoms with Gasteiger partial charge in [0.25, 0.3) is 11.8 Å². The van der Waals surface area contributed by atoms with Crippen molar-refractivity contribution >= 4 is 29.2 Å². The zero-order chi connectivity index (χ0) is 20.7. The fraction of sp³-hybridized carbons (Fsp3) is 0.318. The average molecular weight is 407 g/mol. The molecule has 0 atom stereocenters. The van der Waals surface area contributed by atoms with Gasteiger partial charge in [-0.1, -0.05) is 19.3 Å². The molecule has 8 nitrogen and oxygen atoms in total. The first-order chi connectivity index (χ1) is 14.6. The Labute approximate surface area is 173 Å². The predicted molar refractivity (Wildman–Crippen MR) is 109 cm³/mol. The van der Waals surface area contributed by atoms with Crippen LogP contribution in [0.2, 0.25) is 0 Å². The number of rotatable bonds is 3. The molecule has 3 aliphatic rings. The summed E-state index contributed by atoms with van der Waals surface area (Å²) in [5, 5.41) is 5.43. The van der Waals surface area contributed by atoms with Crippen molar-refractivity contribution in [3.63, 3.8) is 0 Å². The van der Waals surface area contributed by atoms with Crippen molar-refractivity contribution in [1.82, 2.24) is 4.90 Å². The minimum absolute atomic E-state index is 0.0307. The molecule has 0 aromatic heterocycles. The molecule has 1 saturated carbocycles. The number of ether oxygens (including phenoxy) is 2. The summed E-state index contributed by atoms with van der Waals surface area (Å²) in [4.78, 5) is 39.4. The number of hydrogen-bond acceptors (Lipinski definition) is 5. The van der Waals surface area contributed by atoms with Gasteiger partial charge >= 0.3 is 6.03 Å². The lowest BCUT2D eigenvalue weighted by molar-refractivity contribution is 0.0549. The van der Waals surface area contributed by atoms with Gasteiger partial charge in [0, 0.05) is 23.5 Å². The minimum atomic E-state index is -0.463. The second-order valence-electron chi connectivity index (χ2n) is 7.68. The minimum Gasteiger partial charge on any atom is -0.454 e. The molecule has 2 aromatic carbocycles. The van der Waals surface area contributed by atoms with Crippen LogP contribution in [0, 0.1) is 0 Å². The van der Waals surface area contributed by atoms with E-state index in [-0.39, 0.29) is 24.6 Å². The molecule has 0 saturated heterocycles. The molecule has 0 unspecified atom stereocenters. The topological polar surface area (TPSA) is 97.0 Å². The van der Waals surface area contributed by atoms with Gasteiger partial charge in [-0.25, -0.2) is 4.79 Å². The van der Waals surface area contributed by atoms with Crippen molar-refractivity contribution in [3.05, 3.63) is 47.5 Å². The predicted octanol–water partition coefficient (Wildman–Crippen LogP) is 3.99. The number of urea groups is 1. The number of imide groups is 1. The van der Waals surface area contributed by atoms with Crippen molar-refractivity contribution in [2.24, 2.45) is 0 Å². The summed E-state index contributed by atoms with van der Waals surface area (Å²) in [6.07, 6.45) is 4.92.